The van der Waals surface area contributed by atoms with Crippen molar-refractivity contribution in [1.29, 1.82) is 0 Å². The molecule has 0 aromatic heterocycles. The summed E-state index contributed by atoms with van der Waals surface area (Å²) in [5.74, 6) is -0.313. The normalized spacial score (nSPS) is 20.5. The van der Waals surface area contributed by atoms with Gasteiger partial charge in [-0.3, -0.25) is 4.79 Å². The Kier molecular flexibility index (Phi) is 4.08. The molecule has 0 aliphatic carbocycles. The summed E-state index contributed by atoms with van der Waals surface area (Å²) in [5, 5.41) is 16.6. The van der Waals surface area contributed by atoms with E-state index < -0.39 is 5.72 Å². The number of aryl methyl sites for hydroxylation is 1. The first-order chi connectivity index (χ1) is 10.9. The molecule has 1 aliphatic rings. The first kappa shape index (κ1) is 15.9. The molecule has 2 aromatic rings. The molecule has 0 radical (unpaired) electrons. The van der Waals surface area contributed by atoms with Crippen molar-refractivity contribution in [2.75, 3.05) is 0 Å². The zero-order valence-corrected chi connectivity index (χ0v) is 14.5. The molecule has 1 aliphatic heterocycles. The molecule has 5 heteroatoms. The fraction of sp³-hybridized carbons (Fsp3) is 0.222. The number of carbonyl (C=O) groups is 1. The van der Waals surface area contributed by atoms with Crippen molar-refractivity contribution >= 4 is 27.5 Å². The van der Waals surface area contributed by atoms with Crippen LogP contribution in [0.15, 0.2) is 58.1 Å². The van der Waals surface area contributed by atoms with Gasteiger partial charge in [0, 0.05) is 27.7 Å². The van der Waals surface area contributed by atoms with Gasteiger partial charge in [0.05, 0.1) is 0 Å². The van der Waals surface area contributed by atoms with E-state index in [0.29, 0.717) is 17.5 Å². The van der Waals surface area contributed by atoms with Crippen molar-refractivity contribution in [3.63, 3.8) is 0 Å². The van der Waals surface area contributed by atoms with Gasteiger partial charge in [0.2, 0.25) is 0 Å². The SMILES string of the molecule is CC1=NN(C(=O)c2ccc(C)cc2)[C@](O)(c2ccc(Br)cc2)C1. The summed E-state index contributed by atoms with van der Waals surface area (Å²) in [6.45, 7) is 3.77. The maximum absolute atomic E-state index is 12.8. The highest BCUT2D eigenvalue weighted by molar-refractivity contribution is 9.10. The van der Waals surface area contributed by atoms with Gasteiger partial charge < -0.3 is 5.11 Å². The van der Waals surface area contributed by atoms with Crippen molar-refractivity contribution in [1.82, 2.24) is 5.01 Å². The van der Waals surface area contributed by atoms with Gasteiger partial charge in [-0.15, -0.1) is 0 Å². The molecule has 0 saturated heterocycles. The molecule has 0 unspecified atom stereocenters. The monoisotopic (exact) mass is 372 g/mol. The van der Waals surface area contributed by atoms with Crippen molar-refractivity contribution in [3.8, 4) is 0 Å². The fourth-order valence-electron chi connectivity index (χ4n) is 2.69. The largest absolute Gasteiger partial charge is 0.365 e. The molecule has 3 rings (SSSR count). The molecule has 1 N–H and O–H groups in total. The minimum absolute atomic E-state index is 0.298. The van der Waals surface area contributed by atoms with Gasteiger partial charge in [0.15, 0.2) is 5.72 Å². The molecule has 0 spiro atoms. The number of carbonyl (C=O) groups excluding carboxylic acids is 1. The average molecular weight is 373 g/mol. The maximum atomic E-state index is 12.8. The zero-order chi connectivity index (χ0) is 16.6. The predicted molar refractivity (Wildman–Crippen MR) is 93.1 cm³/mol. The Hall–Kier alpha value is -1.98. The lowest BCUT2D eigenvalue weighted by Crippen LogP contribution is -2.43. The summed E-state index contributed by atoms with van der Waals surface area (Å²) in [6.07, 6.45) is 0.298. The number of amides is 1. The minimum atomic E-state index is -1.45. The van der Waals surface area contributed by atoms with E-state index in [2.05, 4.69) is 21.0 Å². The summed E-state index contributed by atoms with van der Waals surface area (Å²) < 4.78 is 0.914. The van der Waals surface area contributed by atoms with Crippen molar-refractivity contribution in [2.45, 2.75) is 26.0 Å². The number of halogens is 1. The Bertz CT molecular complexity index is 769. The second kappa shape index (κ2) is 5.91. The number of hydrogen-bond acceptors (Lipinski definition) is 3. The van der Waals surface area contributed by atoms with E-state index in [1.807, 2.05) is 38.1 Å². The predicted octanol–water partition coefficient (Wildman–Crippen LogP) is 3.82. The van der Waals surface area contributed by atoms with E-state index in [-0.39, 0.29) is 5.91 Å². The van der Waals surface area contributed by atoms with Crippen molar-refractivity contribution in [3.05, 3.63) is 69.7 Å². The van der Waals surface area contributed by atoms with Crippen LogP contribution in [0, 0.1) is 6.92 Å². The Balaban J connectivity index is 1.99. The second-order valence-electron chi connectivity index (χ2n) is 5.82. The molecule has 118 valence electrons. The highest BCUT2D eigenvalue weighted by Crippen LogP contribution is 2.36. The Morgan fingerprint density at radius 3 is 2.35 bits per heavy atom. The van der Waals surface area contributed by atoms with Gasteiger partial charge in [-0.25, -0.2) is 0 Å². The van der Waals surface area contributed by atoms with Gasteiger partial charge in [-0.1, -0.05) is 45.8 Å². The first-order valence-corrected chi connectivity index (χ1v) is 8.13. The molecular formula is C18H17BrN2O2. The molecule has 0 bridgehead atoms. The molecule has 23 heavy (non-hydrogen) atoms. The molecule has 4 nitrogen and oxygen atoms in total. The summed E-state index contributed by atoms with van der Waals surface area (Å²) in [6, 6.07) is 14.5. The molecule has 1 atom stereocenters. The van der Waals surface area contributed by atoms with E-state index in [1.54, 1.807) is 24.3 Å². The lowest BCUT2D eigenvalue weighted by molar-refractivity contribution is -0.0765. The van der Waals surface area contributed by atoms with Crippen LogP contribution >= 0.6 is 15.9 Å². The molecule has 0 saturated carbocycles. The number of aliphatic hydroxyl groups is 1. The van der Waals surface area contributed by atoms with Crippen molar-refractivity contribution in [2.24, 2.45) is 5.10 Å². The molecule has 2 aromatic carbocycles. The number of rotatable bonds is 2. The van der Waals surface area contributed by atoms with E-state index >= 15 is 0 Å². The van der Waals surface area contributed by atoms with E-state index in [0.717, 1.165) is 15.7 Å². The maximum Gasteiger partial charge on any atom is 0.276 e. The van der Waals surface area contributed by atoms with Gasteiger partial charge >= 0.3 is 0 Å². The summed E-state index contributed by atoms with van der Waals surface area (Å²) in [5.41, 5.74) is 1.49. The van der Waals surface area contributed by atoms with Crippen LogP contribution in [0.5, 0.6) is 0 Å². The van der Waals surface area contributed by atoms with Gasteiger partial charge in [0.1, 0.15) is 0 Å². The Morgan fingerprint density at radius 1 is 1.13 bits per heavy atom. The lowest BCUT2D eigenvalue weighted by Gasteiger charge is -2.31. The lowest BCUT2D eigenvalue weighted by atomic mass is 9.97. The van der Waals surface area contributed by atoms with Gasteiger partial charge in [-0.05, 0) is 38.1 Å². The van der Waals surface area contributed by atoms with E-state index in [9.17, 15) is 9.90 Å². The Morgan fingerprint density at radius 2 is 1.74 bits per heavy atom. The van der Waals surface area contributed by atoms with E-state index in [1.165, 1.54) is 5.01 Å². The molecule has 1 amide bonds. The van der Waals surface area contributed by atoms with Gasteiger partial charge in [0.25, 0.3) is 5.91 Å². The highest BCUT2D eigenvalue weighted by atomic mass is 79.9. The summed E-state index contributed by atoms with van der Waals surface area (Å²) >= 11 is 3.38. The van der Waals surface area contributed by atoms with Gasteiger partial charge in [-0.2, -0.15) is 10.1 Å². The van der Waals surface area contributed by atoms with Crippen LogP contribution in [0.2, 0.25) is 0 Å². The van der Waals surface area contributed by atoms with E-state index in [4.69, 9.17) is 0 Å². The standard InChI is InChI=1S/C18H17BrN2O2/c1-12-3-5-14(6-4-12)17(22)21-18(23,11-13(2)20-21)15-7-9-16(19)10-8-15/h3-10,23H,11H2,1-2H3/t18-/m1/s1. The zero-order valence-electron chi connectivity index (χ0n) is 13.0. The highest BCUT2D eigenvalue weighted by Gasteiger charge is 2.45. The smallest absolute Gasteiger partial charge is 0.276 e. The number of benzene rings is 2. The average Bonchev–Trinajstić information content (AvgIpc) is 2.84. The van der Waals surface area contributed by atoms with Crippen LogP contribution in [0.4, 0.5) is 0 Å². The van der Waals surface area contributed by atoms with Crippen LogP contribution in [-0.4, -0.2) is 21.7 Å². The van der Waals surface area contributed by atoms with Crippen LogP contribution in [0.25, 0.3) is 0 Å². The quantitative estimate of drug-likeness (QED) is 0.870. The third-order valence-corrected chi connectivity index (χ3v) is 4.45. The molecule has 1 heterocycles. The van der Waals surface area contributed by atoms with Crippen LogP contribution in [0.3, 0.4) is 0 Å². The third kappa shape index (κ3) is 2.94. The number of hydrogen-bond donors (Lipinski definition) is 1. The Labute approximate surface area is 143 Å². The first-order valence-electron chi connectivity index (χ1n) is 7.34. The van der Waals surface area contributed by atoms with Crippen LogP contribution < -0.4 is 0 Å². The third-order valence-electron chi connectivity index (χ3n) is 3.92. The number of hydrazone groups is 1. The fourth-order valence-corrected chi connectivity index (χ4v) is 2.96. The number of nitrogens with zero attached hydrogens (tertiary/aromatic N) is 2. The topological polar surface area (TPSA) is 52.9 Å². The second-order valence-corrected chi connectivity index (χ2v) is 6.73. The molecule has 0 fully saturated rings. The minimum Gasteiger partial charge on any atom is -0.365 e. The summed E-state index contributed by atoms with van der Waals surface area (Å²) in [7, 11) is 0. The van der Waals surface area contributed by atoms with Crippen LogP contribution in [-0.2, 0) is 5.72 Å². The van der Waals surface area contributed by atoms with Crippen LogP contribution in [0.1, 0.15) is 34.8 Å². The summed E-state index contributed by atoms with van der Waals surface area (Å²) in [4.78, 5) is 12.8. The molecular weight excluding hydrogens is 356 g/mol. The van der Waals surface area contributed by atoms with Crippen molar-refractivity contribution < 1.29 is 9.90 Å².